The van der Waals surface area contributed by atoms with Crippen LogP contribution in [0.1, 0.15) is 27.4 Å². The topological polar surface area (TPSA) is 33.1 Å². The molecule has 0 saturated carbocycles. The summed E-state index contributed by atoms with van der Waals surface area (Å²) >= 11 is 1.68. The van der Waals surface area contributed by atoms with Crippen LogP contribution in [0.2, 0.25) is 0 Å². The number of nitrogens with zero attached hydrogens (tertiary/aromatic N) is 1. The van der Waals surface area contributed by atoms with E-state index in [-0.39, 0.29) is 6.61 Å². The van der Waals surface area contributed by atoms with Crippen molar-refractivity contribution in [2.24, 2.45) is 0 Å². The minimum Gasteiger partial charge on any atom is -0.396 e. The van der Waals surface area contributed by atoms with Crippen LogP contribution in [0.5, 0.6) is 0 Å². The van der Waals surface area contributed by atoms with Crippen LogP contribution < -0.4 is 0 Å². The number of benzene rings is 1. The highest BCUT2D eigenvalue weighted by atomic mass is 32.1. The molecule has 1 aromatic heterocycles. The Kier molecular flexibility index (Phi) is 3.92. The predicted molar refractivity (Wildman–Crippen MR) is 71.6 cm³/mol. The molecule has 1 aromatic carbocycles. The zero-order valence-corrected chi connectivity index (χ0v) is 11.0. The summed E-state index contributed by atoms with van der Waals surface area (Å²) in [6.45, 7) is 4.42. The van der Waals surface area contributed by atoms with E-state index < -0.39 is 0 Å². The Morgan fingerprint density at radius 2 is 2.12 bits per heavy atom. The van der Waals surface area contributed by atoms with Crippen LogP contribution in [0.4, 0.5) is 0 Å². The monoisotopic (exact) mass is 247 g/mol. The lowest BCUT2D eigenvalue weighted by atomic mass is 10.0. The van der Waals surface area contributed by atoms with Crippen molar-refractivity contribution in [1.82, 2.24) is 4.98 Å². The highest BCUT2D eigenvalue weighted by Crippen LogP contribution is 2.18. The minimum atomic E-state index is 0.173. The van der Waals surface area contributed by atoms with Gasteiger partial charge in [0.15, 0.2) is 0 Å². The highest BCUT2D eigenvalue weighted by molar-refractivity contribution is 7.09. The molecule has 2 nitrogen and oxygen atoms in total. The Morgan fingerprint density at radius 1 is 1.29 bits per heavy atom. The molecule has 0 bridgehead atoms. The number of hydrogen-bond acceptors (Lipinski definition) is 3. The van der Waals surface area contributed by atoms with E-state index >= 15 is 0 Å². The summed E-state index contributed by atoms with van der Waals surface area (Å²) in [5.41, 5.74) is 4.94. The molecule has 1 N–H and O–H groups in total. The first-order chi connectivity index (χ1) is 8.19. The maximum atomic E-state index is 8.86. The van der Waals surface area contributed by atoms with E-state index in [0.717, 1.165) is 17.1 Å². The van der Waals surface area contributed by atoms with E-state index in [0.29, 0.717) is 6.42 Å². The fourth-order valence-corrected chi connectivity index (χ4v) is 2.66. The van der Waals surface area contributed by atoms with E-state index in [2.05, 4.69) is 37.0 Å². The molecule has 17 heavy (non-hydrogen) atoms. The van der Waals surface area contributed by atoms with E-state index in [1.807, 2.05) is 5.38 Å². The minimum absolute atomic E-state index is 0.173. The summed E-state index contributed by atoms with van der Waals surface area (Å²) in [7, 11) is 0. The summed E-state index contributed by atoms with van der Waals surface area (Å²) in [5, 5.41) is 12.0. The maximum absolute atomic E-state index is 8.86. The van der Waals surface area contributed by atoms with Gasteiger partial charge in [0.2, 0.25) is 0 Å². The van der Waals surface area contributed by atoms with Crippen molar-refractivity contribution >= 4 is 11.3 Å². The Balaban J connectivity index is 2.16. The molecule has 0 aliphatic heterocycles. The normalized spacial score (nSPS) is 10.8. The van der Waals surface area contributed by atoms with Gasteiger partial charge in [-0.2, -0.15) is 0 Å². The van der Waals surface area contributed by atoms with Gasteiger partial charge < -0.3 is 5.11 Å². The first kappa shape index (κ1) is 12.3. The van der Waals surface area contributed by atoms with Crippen LogP contribution in [-0.2, 0) is 12.8 Å². The van der Waals surface area contributed by atoms with Crippen molar-refractivity contribution < 1.29 is 5.11 Å². The van der Waals surface area contributed by atoms with Crippen molar-refractivity contribution in [2.45, 2.75) is 26.7 Å². The molecule has 0 radical (unpaired) electrons. The Hall–Kier alpha value is -1.19. The maximum Gasteiger partial charge on any atom is 0.0972 e. The third kappa shape index (κ3) is 3.14. The van der Waals surface area contributed by atoms with Crippen molar-refractivity contribution in [3.05, 3.63) is 51.0 Å². The van der Waals surface area contributed by atoms with Crippen molar-refractivity contribution in [3.63, 3.8) is 0 Å². The molecule has 0 spiro atoms. The summed E-state index contributed by atoms with van der Waals surface area (Å²) < 4.78 is 0. The van der Waals surface area contributed by atoms with E-state index in [9.17, 15) is 0 Å². The number of hydrogen-bond donors (Lipinski definition) is 1. The van der Waals surface area contributed by atoms with Gasteiger partial charge in [0.1, 0.15) is 0 Å². The first-order valence-electron chi connectivity index (χ1n) is 5.79. The van der Waals surface area contributed by atoms with Gasteiger partial charge in [0, 0.05) is 24.8 Å². The average Bonchev–Trinajstić information content (AvgIpc) is 2.72. The van der Waals surface area contributed by atoms with Gasteiger partial charge >= 0.3 is 0 Å². The average molecular weight is 247 g/mol. The first-order valence-corrected chi connectivity index (χ1v) is 6.67. The SMILES string of the molecule is Cc1ccc(C)c(Cc2nc(CCO)cs2)c1. The van der Waals surface area contributed by atoms with Crippen molar-refractivity contribution in [1.29, 1.82) is 0 Å². The molecule has 0 fully saturated rings. The second kappa shape index (κ2) is 5.43. The van der Waals surface area contributed by atoms with Gasteiger partial charge in [-0.1, -0.05) is 23.8 Å². The van der Waals surface area contributed by atoms with Crippen molar-refractivity contribution in [2.75, 3.05) is 6.61 Å². The van der Waals surface area contributed by atoms with Crippen LogP contribution in [-0.4, -0.2) is 16.7 Å². The molecule has 3 heteroatoms. The zero-order valence-electron chi connectivity index (χ0n) is 10.2. The quantitative estimate of drug-likeness (QED) is 0.901. The highest BCUT2D eigenvalue weighted by Gasteiger charge is 2.05. The summed E-state index contributed by atoms with van der Waals surface area (Å²) in [6.07, 6.45) is 1.55. The van der Waals surface area contributed by atoms with Crippen LogP contribution in [0.15, 0.2) is 23.6 Å². The molecule has 2 aromatic rings. The van der Waals surface area contributed by atoms with Gasteiger partial charge in [-0.3, -0.25) is 0 Å². The van der Waals surface area contributed by atoms with Crippen LogP contribution >= 0.6 is 11.3 Å². The zero-order chi connectivity index (χ0) is 12.3. The van der Waals surface area contributed by atoms with Crippen molar-refractivity contribution in [3.8, 4) is 0 Å². The Morgan fingerprint density at radius 3 is 2.88 bits per heavy atom. The number of aromatic nitrogens is 1. The van der Waals surface area contributed by atoms with Crippen LogP contribution in [0, 0.1) is 13.8 Å². The summed E-state index contributed by atoms with van der Waals surface area (Å²) in [5.74, 6) is 0. The fraction of sp³-hybridized carbons (Fsp3) is 0.357. The molecule has 90 valence electrons. The van der Waals surface area contributed by atoms with E-state index in [1.165, 1.54) is 16.7 Å². The van der Waals surface area contributed by atoms with Crippen LogP contribution in [0.3, 0.4) is 0 Å². The van der Waals surface area contributed by atoms with Gasteiger partial charge in [0.05, 0.1) is 10.7 Å². The lowest BCUT2D eigenvalue weighted by molar-refractivity contribution is 0.298. The molecular formula is C14H17NOS. The number of thiazole rings is 1. The molecule has 0 saturated heterocycles. The molecule has 1 heterocycles. The third-order valence-corrected chi connectivity index (χ3v) is 3.71. The fourth-order valence-electron chi connectivity index (χ4n) is 1.81. The molecule has 0 aliphatic carbocycles. The lowest BCUT2D eigenvalue weighted by Crippen LogP contribution is -1.94. The lowest BCUT2D eigenvalue weighted by Gasteiger charge is -2.04. The predicted octanol–water partition coefficient (Wildman–Crippen LogP) is 2.89. The molecular weight excluding hydrogens is 230 g/mol. The van der Waals surface area contributed by atoms with Gasteiger partial charge in [-0.05, 0) is 25.0 Å². The second-order valence-electron chi connectivity index (χ2n) is 4.31. The molecule has 0 amide bonds. The summed E-state index contributed by atoms with van der Waals surface area (Å²) in [4.78, 5) is 4.52. The standard InChI is InChI=1S/C14H17NOS/c1-10-3-4-11(2)12(7-10)8-14-15-13(5-6-16)9-17-14/h3-4,7,9,16H,5-6,8H2,1-2H3. The third-order valence-electron chi connectivity index (χ3n) is 2.81. The Labute approximate surface area is 106 Å². The number of aliphatic hydroxyl groups is 1. The van der Waals surface area contributed by atoms with E-state index in [1.54, 1.807) is 11.3 Å². The number of aliphatic hydroxyl groups excluding tert-OH is 1. The molecule has 0 aliphatic rings. The Bertz CT molecular complexity index is 505. The van der Waals surface area contributed by atoms with Crippen LogP contribution in [0.25, 0.3) is 0 Å². The smallest absolute Gasteiger partial charge is 0.0972 e. The van der Waals surface area contributed by atoms with E-state index in [4.69, 9.17) is 5.11 Å². The second-order valence-corrected chi connectivity index (χ2v) is 5.26. The van der Waals surface area contributed by atoms with Gasteiger partial charge in [-0.15, -0.1) is 11.3 Å². The molecule has 0 atom stereocenters. The van der Waals surface area contributed by atoms with Gasteiger partial charge in [-0.25, -0.2) is 4.98 Å². The van der Waals surface area contributed by atoms with Gasteiger partial charge in [0.25, 0.3) is 0 Å². The summed E-state index contributed by atoms with van der Waals surface area (Å²) in [6, 6.07) is 6.52. The largest absolute Gasteiger partial charge is 0.396 e. The number of aryl methyl sites for hydroxylation is 2. The molecule has 0 unspecified atom stereocenters. The molecule has 2 rings (SSSR count). The number of rotatable bonds is 4.